The molecule has 1 amide bonds. The second kappa shape index (κ2) is 9.85. The molecule has 1 aliphatic rings. The molecule has 1 heterocycles. The maximum atomic E-state index is 13.1. The highest BCUT2D eigenvalue weighted by Gasteiger charge is 2.35. The Hall–Kier alpha value is -2.73. The van der Waals surface area contributed by atoms with Crippen LogP contribution in [0.15, 0.2) is 52.4 Å². The number of hydrogen-bond donors (Lipinski definition) is 0. The summed E-state index contributed by atoms with van der Waals surface area (Å²) >= 11 is 1.40. The number of hydrogen-bond acceptors (Lipinski definition) is 5. The lowest BCUT2D eigenvalue weighted by molar-refractivity contribution is -0.123. The smallest absolute Gasteiger partial charge is 0.266 e. The van der Waals surface area contributed by atoms with Crippen molar-refractivity contribution in [2.45, 2.75) is 40.7 Å². The van der Waals surface area contributed by atoms with E-state index in [-0.39, 0.29) is 11.9 Å². The van der Waals surface area contributed by atoms with Crippen molar-refractivity contribution in [3.05, 3.63) is 58.5 Å². The van der Waals surface area contributed by atoms with Gasteiger partial charge in [0.15, 0.2) is 16.7 Å². The van der Waals surface area contributed by atoms with Gasteiger partial charge in [-0.25, -0.2) is 4.99 Å². The normalized spacial score (nSPS) is 16.7. The summed E-state index contributed by atoms with van der Waals surface area (Å²) < 4.78 is 11.3. The lowest BCUT2D eigenvalue weighted by atomic mass is 10.1. The number of thioether (sulfide) groups is 1. The monoisotopic (exact) mass is 424 g/mol. The third-order valence-corrected chi connectivity index (χ3v) is 5.46. The Morgan fingerprint density at radius 1 is 1.03 bits per heavy atom. The molecule has 3 rings (SSSR count). The number of nitrogens with zero attached hydrogens (tertiary/aromatic N) is 2. The number of ether oxygens (including phenoxy) is 2. The maximum Gasteiger partial charge on any atom is 0.266 e. The number of aliphatic imine (C=N–C) groups is 1. The molecule has 1 saturated heterocycles. The Bertz CT molecular complexity index is 965. The number of carbonyl (C=O) groups is 1. The molecule has 0 aliphatic carbocycles. The van der Waals surface area contributed by atoms with E-state index in [1.54, 1.807) is 4.90 Å². The quantitative estimate of drug-likeness (QED) is 0.527. The van der Waals surface area contributed by atoms with Gasteiger partial charge in [-0.2, -0.15) is 0 Å². The second-order valence-electron chi connectivity index (χ2n) is 7.18. The molecule has 0 spiro atoms. The third-order valence-electron chi connectivity index (χ3n) is 4.48. The lowest BCUT2D eigenvalue weighted by Gasteiger charge is -2.19. The van der Waals surface area contributed by atoms with Crippen LogP contribution < -0.4 is 9.47 Å². The molecule has 2 aromatic rings. The molecular formula is C24H28N2O3S. The number of aryl methyl sites for hydroxylation is 1. The van der Waals surface area contributed by atoms with E-state index in [2.05, 4.69) is 0 Å². The molecule has 0 bridgehead atoms. The minimum Gasteiger partial charge on any atom is -0.490 e. The Morgan fingerprint density at radius 3 is 2.33 bits per heavy atom. The van der Waals surface area contributed by atoms with Crippen molar-refractivity contribution in [1.82, 2.24) is 4.90 Å². The van der Waals surface area contributed by atoms with Crippen molar-refractivity contribution < 1.29 is 14.3 Å². The number of amides is 1. The van der Waals surface area contributed by atoms with Crippen LogP contribution in [0.25, 0.3) is 6.08 Å². The van der Waals surface area contributed by atoms with E-state index in [1.165, 1.54) is 17.3 Å². The summed E-state index contributed by atoms with van der Waals surface area (Å²) in [5, 5.41) is 0.695. The first-order valence-corrected chi connectivity index (χ1v) is 11.0. The van der Waals surface area contributed by atoms with Gasteiger partial charge in [-0.3, -0.25) is 9.69 Å². The molecule has 0 radical (unpaired) electrons. The molecule has 0 unspecified atom stereocenters. The van der Waals surface area contributed by atoms with Crippen LogP contribution >= 0.6 is 11.8 Å². The number of carbonyl (C=O) groups excluding carboxylic acids is 1. The third kappa shape index (κ3) is 5.05. The first-order valence-electron chi connectivity index (χ1n) is 10.2. The second-order valence-corrected chi connectivity index (χ2v) is 8.19. The topological polar surface area (TPSA) is 51.1 Å². The fourth-order valence-electron chi connectivity index (χ4n) is 3.06. The molecule has 1 fully saturated rings. The number of amidine groups is 1. The molecule has 0 N–H and O–H groups in total. The molecule has 0 saturated carbocycles. The molecule has 0 aromatic heterocycles. The zero-order chi connectivity index (χ0) is 21.7. The van der Waals surface area contributed by atoms with Crippen molar-refractivity contribution in [2.75, 3.05) is 13.2 Å². The van der Waals surface area contributed by atoms with Crippen molar-refractivity contribution >= 4 is 34.6 Å². The molecule has 5 nitrogen and oxygen atoms in total. The van der Waals surface area contributed by atoms with Crippen LogP contribution in [0.5, 0.6) is 11.5 Å². The summed E-state index contributed by atoms with van der Waals surface area (Å²) in [4.78, 5) is 20.2. The van der Waals surface area contributed by atoms with Crippen LogP contribution in [-0.4, -0.2) is 35.2 Å². The Kier molecular flexibility index (Phi) is 7.21. The summed E-state index contributed by atoms with van der Waals surface area (Å²) in [6.45, 7) is 11.0. The van der Waals surface area contributed by atoms with Crippen molar-refractivity contribution in [3.8, 4) is 11.5 Å². The Labute approximate surface area is 182 Å². The van der Waals surface area contributed by atoms with Gasteiger partial charge in [-0.1, -0.05) is 23.8 Å². The van der Waals surface area contributed by atoms with Gasteiger partial charge in [0.1, 0.15) is 0 Å². The summed E-state index contributed by atoms with van der Waals surface area (Å²) in [7, 11) is 0. The zero-order valence-corrected chi connectivity index (χ0v) is 19.0. The minimum absolute atomic E-state index is 0.0133. The van der Waals surface area contributed by atoms with E-state index in [0.29, 0.717) is 34.8 Å². The largest absolute Gasteiger partial charge is 0.490 e. The first kappa shape index (κ1) is 22.0. The van der Waals surface area contributed by atoms with Crippen LogP contribution in [0.4, 0.5) is 5.69 Å². The van der Waals surface area contributed by atoms with Gasteiger partial charge in [0.25, 0.3) is 5.91 Å². The number of benzene rings is 2. The summed E-state index contributed by atoms with van der Waals surface area (Å²) in [5.74, 6) is 1.35. The fraction of sp³-hybridized carbons (Fsp3) is 0.333. The fourth-order valence-corrected chi connectivity index (χ4v) is 4.18. The first-order chi connectivity index (χ1) is 14.4. The van der Waals surface area contributed by atoms with Gasteiger partial charge < -0.3 is 9.47 Å². The van der Waals surface area contributed by atoms with Crippen LogP contribution in [0.3, 0.4) is 0 Å². The van der Waals surface area contributed by atoms with Gasteiger partial charge in [-0.15, -0.1) is 0 Å². The van der Waals surface area contributed by atoms with Crippen molar-refractivity contribution in [1.29, 1.82) is 0 Å². The summed E-state index contributed by atoms with van der Waals surface area (Å²) in [5.41, 5.74) is 2.90. The van der Waals surface area contributed by atoms with Crippen molar-refractivity contribution in [3.63, 3.8) is 0 Å². The van der Waals surface area contributed by atoms with Gasteiger partial charge in [-0.05, 0) is 82.3 Å². The van der Waals surface area contributed by atoms with E-state index < -0.39 is 0 Å². The predicted octanol–water partition coefficient (Wildman–Crippen LogP) is 5.80. The molecule has 30 heavy (non-hydrogen) atoms. The highest BCUT2D eigenvalue weighted by atomic mass is 32.2. The van der Waals surface area contributed by atoms with E-state index in [9.17, 15) is 4.79 Å². The van der Waals surface area contributed by atoms with Gasteiger partial charge in [0.2, 0.25) is 0 Å². The van der Waals surface area contributed by atoms with Gasteiger partial charge >= 0.3 is 0 Å². The van der Waals surface area contributed by atoms with Crippen LogP contribution in [-0.2, 0) is 4.79 Å². The average Bonchev–Trinajstić information content (AvgIpc) is 3.01. The minimum atomic E-state index is -0.0345. The maximum absolute atomic E-state index is 13.1. The Morgan fingerprint density at radius 2 is 1.70 bits per heavy atom. The van der Waals surface area contributed by atoms with Crippen LogP contribution in [0, 0.1) is 6.92 Å². The van der Waals surface area contributed by atoms with E-state index >= 15 is 0 Å². The van der Waals surface area contributed by atoms with E-state index in [0.717, 1.165) is 11.3 Å². The standard InChI is InChI=1S/C24H28N2O3S/c1-6-28-20-13-10-18(14-21(20)29-7-2)15-22-23(27)26(16(3)4)24(30-22)25-19-11-8-17(5)9-12-19/h8-16H,6-7H2,1-5H3/b22-15+,25-24?. The average molecular weight is 425 g/mol. The molecule has 0 atom stereocenters. The lowest BCUT2D eigenvalue weighted by Crippen LogP contribution is -2.35. The summed E-state index contributed by atoms with van der Waals surface area (Å²) in [6.07, 6.45) is 1.89. The Balaban J connectivity index is 1.94. The highest BCUT2D eigenvalue weighted by molar-refractivity contribution is 8.18. The van der Waals surface area contributed by atoms with Crippen LogP contribution in [0.2, 0.25) is 0 Å². The van der Waals surface area contributed by atoms with E-state index in [1.807, 2.05) is 83.2 Å². The highest BCUT2D eigenvalue weighted by Crippen LogP contribution is 2.37. The molecule has 2 aromatic carbocycles. The van der Waals surface area contributed by atoms with Crippen LogP contribution in [0.1, 0.15) is 38.8 Å². The SMILES string of the molecule is CCOc1ccc(/C=C2/SC(=Nc3ccc(C)cc3)N(C(C)C)C2=O)cc1OCC. The number of rotatable bonds is 7. The summed E-state index contributed by atoms with van der Waals surface area (Å²) in [6, 6.07) is 13.7. The zero-order valence-electron chi connectivity index (χ0n) is 18.1. The molecular weight excluding hydrogens is 396 g/mol. The van der Waals surface area contributed by atoms with Gasteiger partial charge in [0, 0.05) is 6.04 Å². The predicted molar refractivity (Wildman–Crippen MR) is 125 cm³/mol. The molecule has 158 valence electrons. The molecule has 1 aliphatic heterocycles. The van der Waals surface area contributed by atoms with Gasteiger partial charge in [0.05, 0.1) is 23.8 Å². The van der Waals surface area contributed by atoms with E-state index in [4.69, 9.17) is 14.5 Å². The van der Waals surface area contributed by atoms with Crippen molar-refractivity contribution in [2.24, 2.45) is 4.99 Å². The molecule has 6 heteroatoms.